The summed E-state index contributed by atoms with van der Waals surface area (Å²) in [5, 5.41) is 9.94. The molecule has 17 heavy (non-hydrogen) atoms. The van der Waals surface area contributed by atoms with Gasteiger partial charge in [-0.2, -0.15) is 0 Å². The summed E-state index contributed by atoms with van der Waals surface area (Å²) < 4.78 is 6.26. The maximum atomic E-state index is 9.94. The predicted octanol–water partition coefficient (Wildman–Crippen LogP) is 4.09. The van der Waals surface area contributed by atoms with Gasteiger partial charge in [-0.1, -0.05) is 45.4 Å². The molecule has 1 saturated carbocycles. The molecule has 0 amide bonds. The summed E-state index contributed by atoms with van der Waals surface area (Å²) >= 11 is 0. The SMILES string of the molecule is CCCCCC[Si](C)(C)O[C@H]1CCCC[C@H]1O. The van der Waals surface area contributed by atoms with Crippen molar-refractivity contribution in [1.82, 2.24) is 0 Å². The molecule has 0 heterocycles. The van der Waals surface area contributed by atoms with Crippen LogP contribution in [-0.4, -0.2) is 25.6 Å². The molecule has 1 N–H and O–H groups in total. The van der Waals surface area contributed by atoms with Crippen molar-refractivity contribution in [3.8, 4) is 0 Å². The van der Waals surface area contributed by atoms with Crippen LogP contribution in [0.2, 0.25) is 19.1 Å². The molecular weight excluding hydrogens is 228 g/mol. The lowest BCUT2D eigenvalue weighted by atomic mass is 9.95. The van der Waals surface area contributed by atoms with Gasteiger partial charge in [0, 0.05) is 0 Å². The predicted molar refractivity (Wildman–Crippen MR) is 75.8 cm³/mol. The van der Waals surface area contributed by atoms with E-state index in [1.54, 1.807) is 0 Å². The van der Waals surface area contributed by atoms with Gasteiger partial charge in [0.1, 0.15) is 0 Å². The van der Waals surface area contributed by atoms with E-state index >= 15 is 0 Å². The number of unbranched alkanes of at least 4 members (excludes halogenated alkanes) is 3. The van der Waals surface area contributed by atoms with Gasteiger partial charge < -0.3 is 9.53 Å². The fraction of sp³-hybridized carbons (Fsp3) is 1.00. The average molecular weight is 258 g/mol. The van der Waals surface area contributed by atoms with Crippen LogP contribution in [0.4, 0.5) is 0 Å². The molecule has 0 aliphatic heterocycles. The molecule has 0 radical (unpaired) electrons. The first-order valence-electron chi connectivity index (χ1n) is 7.41. The molecule has 0 saturated heterocycles. The van der Waals surface area contributed by atoms with Crippen LogP contribution in [0.1, 0.15) is 58.3 Å². The summed E-state index contributed by atoms with van der Waals surface area (Å²) in [4.78, 5) is 0. The van der Waals surface area contributed by atoms with E-state index in [0.717, 1.165) is 12.8 Å². The maximum Gasteiger partial charge on any atom is 0.187 e. The smallest absolute Gasteiger partial charge is 0.187 e. The van der Waals surface area contributed by atoms with Gasteiger partial charge in [0.2, 0.25) is 0 Å². The highest BCUT2D eigenvalue weighted by atomic mass is 28.4. The van der Waals surface area contributed by atoms with Crippen LogP contribution in [-0.2, 0) is 4.43 Å². The first-order valence-corrected chi connectivity index (χ1v) is 10.5. The van der Waals surface area contributed by atoms with Crippen LogP contribution in [0.25, 0.3) is 0 Å². The molecule has 1 fully saturated rings. The molecule has 1 rings (SSSR count). The Morgan fingerprint density at radius 2 is 1.82 bits per heavy atom. The number of aliphatic hydroxyl groups is 1. The van der Waals surface area contributed by atoms with Crippen molar-refractivity contribution in [2.75, 3.05) is 0 Å². The van der Waals surface area contributed by atoms with Gasteiger partial charge in [0.15, 0.2) is 8.32 Å². The normalized spacial score (nSPS) is 26.1. The van der Waals surface area contributed by atoms with Crippen LogP contribution >= 0.6 is 0 Å². The van der Waals surface area contributed by atoms with E-state index in [4.69, 9.17) is 4.43 Å². The highest BCUT2D eigenvalue weighted by Gasteiger charge is 2.31. The lowest BCUT2D eigenvalue weighted by Gasteiger charge is -2.35. The fourth-order valence-electron chi connectivity index (χ4n) is 2.66. The minimum Gasteiger partial charge on any atom is -0.412 e. The molecular formula is C14H30O2Si. The molecule has 0 aromatic carbocycles. The summed E-state index contributed by atoms with van der Waals surface area (Å²) in [6.07, 6.45) is 9.60. The van der Waals surface area contributed by atoms with Gasteiger partial charge in [0.05, 0.1) is 12.2 Å². The van der Waals surface area contributed by atoms with Crippen molar-refractivity contribution in [2.24, 2.45) is 0 Å². The summed E-state index contributed by atoms with van der Waals surface area (Å²) in [6.45, 7) is 6.86. The number of aliphatic hydroxyl groups excluding tert-OH is 1. The van der Waals surface area contributed by atoms with E-state index in [-0.39, 0.29) is 12.2 Å². The first kappa shape index (κ1) is 15.2. The molecule has 0 bridgehead atoms. The molecule has 102 valence electrons. The highest BCUT2D eigenvalue weighted by Crippen LogP contribution is 2.26. The Morgan fingerprint density at radius 1 is 1.12 bits per heavy atom. The third kappa shape index (κ3) is 6.02. The summed E-state index contributed by atoms with van der Waals surface area (Å²) in [5.74, 6) is 0. The Bertz CT molecular complexity index is 206. The monoisotopic (exact) mass is 258 g/mol. The van der Waals surface area contributed by atoms with Crippen LogP contribution in [0.5, 0.6) is 0 Å². The summed E-state index contributed by atoms with van der Waals surface area (Å²) in [7, 11) is -1.54. The van der Waals surface area contributed by atoms with Crippen molar-refractivity contribution in [3.63, 3.8) is 0 Å². The standard InChI is InChI=1S/C14H30O2Si/c1-4-5-6-9-12-17(2,3)16-14-11-8-7-10-13(14)15/h13-15H,4-12H2,1-3H3/t13-,14+/m1/s1. The number of hydrogen-bond acceptors (Lipinski definition) is 2. The molecule has 0 unspecified atom stereocenters. The molecule has 0 aromatic rings. The molecule has 1 aliphatic rings. The third-order valence-electron chi connectivity index (χ3n) is 3.77. The Kier molecular flexibility index (Phi) is 6.74. The van der Waals surface area contributed by atoms with Crippen molar-refractivity contribution in [1.29, 1.82) is 0 Å². The second-order valence-corrected chi connectivity index (χ2v) is 10.3. The lowest BCUT2D eigenvalue weighted by molar-refractivity contribution is 0.00147. The van der Waals surface area contributed by atoms with Gasteiger partial charge in [-0.3, -0.25) is 0 Å². The first-order chi connectivity index (χ1) is 8.05. The van der Waals surface area contributed by atoms with E-state index in [1.165, 1.54) is 44.6 Å². The largest absolute Gasteiger partial charge is 0.412 e. The zero-order valence-corrected chi connectivity index (χ0v) is 12.9. The topological polar surface area (TPSA) is 29.5 Å². The van der Waals surface area contributed by atoms with Crippen LogP contribution in [0.3, 0.4) is 0 Å². The average Bonchev–Trinajstić information content (AvgIpc) is 2.28. The summed E-state index contributed by atoms with van der Waals surface area (Å²) in [6, 6.07) is 1.25. The lowest BCUT2D eigenvalue weighted by Crippen LogP contribution is -2.42. The second kappa shape index (κ2) is 7.55. The molecule has 0 aromatic heterocycles. The van der Waals surface area contributed by atoms with Crippen molar-refractivity contribution < 1.29 is 9.53 Å². The Morgan fingerprint density at radius 3 is 2.47 bits per heavy atom. The van der Waals surface area contributed by atoms with Crippen LogP contribution in [0, 0.1) is 0 Å². The molecule has 0 spiro atoms. The van der Waals surface area contributed by atoms with Crippen molar-refractivity contribution in [2.45, 2.75) is 89.6 Å². The second-order valence-electron chi connectivity index (χ2n) is 6.08. The van der Waals surface area contributed by atoms with Gasteiger partial charge >= 0.3 is 0 Å². The molecule has 2 atom stereocenters. The van der Waals surface area contributed by atoms with E-state index in [0.29, 0.717) is 0 Å². The molecule has 2 nitrogen and oxygen atoms in total. The maximum absolute atomic E-state index is 9.94. The van der Waals surface area contributed by atoms with Crippen LogP contribution in [0.15, 0.2) is 0 Å². The Labute approximate surface area is 108 Å². The van der Waals surface area contributed by atoms with Crippen molar-refractivity contribution in [3.05, 3.63) is 0 Å². The van der Waals surface area contributed by atoms with Crippen molar-refractivity contribution >= 4 is 8.32 Å². The quantitative estimate of drug-likeness (QED) is 0.550. The van der Waals surface area contributed by atoms with E-state index in [1.807, 2.05) is 0 Å². The third-order valence-corrected chi connectivity index (χ3v) is 6.27. The summed E-state index contributed by atoms with van der Waals surface area (Å²) in [5.41, 5.74) is 0. The minimum atomic E-state index is -1.54. The zero-order valence-electron chi connectivity index (χ0n) is 11.9. The highest BCUT2D eigenvalue weighted by molar-refractivity contribution is 6.71. The Balaban J connectivity index is 2.26. The number of rotatable bonds is 7. The van der Waals surface area contributed by atoms with E-state index < -0.39 is 8.32 Å². The van der Waals surface area contributed by atoms with E-state index in [9.17, 15) is 5.11 Å². The number of hydrogen-bond donors (Lipinski definition) is 1. The van der Waals surface area contributed by atoms with E-state index in [2.05, 4.69) is 20.0 Å². The van der Waals surface area contributed by atoms with Gasteiger partial charge in [0.25, 0.3) is 0 Å². The zero-order chi connectivity index (χ0) is 12.7. The van der Waals surface area contributed by atoms with Crippen LogP contribution < -0.4 is 0 Å². The molecule has 1 aliphatic carbocycles. The van der Waals surface area contributed by atoms with Gasteiger partial charge in [-0.05, 0) is 32.0 Å². The van der Waals surface area contributed by atoms with Gasteiger partial charge in [-0.25, -0.2) is 0 Å². The van der Waals surface area contributed by atoms with Gasteiger partial charge in [-0.15, -0.1) is 0 Å². The fourth-order valence-corrected chi connectivity index (χ4v) is 4.97. The molecule has 3 heteroatoms. The Hall–Kier alpha value is 0.137. The minimum absolute atomic E-state index is 0.136.